The molecule has 2 heterocycles. The Hall–Kier alpha value is -0.350. The highest BCUT2D eigenvalue weighted by Gasteiger charge is 2.27. The van der Waals surface area contributed by atoms with Crippen LogP contribution in [0.3, 0.4) is 0 Å². The van der Waals surface area contributed by atoms with Crippen LogP contribution in [-0.4, -0.2) is 27.3 Å². The molecule has 0 aliphatic carbocycles. The van der Waals surface area contributed by atoms with E-state index in [0.29, 0.717) is 6.04 Å². The molecular weight excluding hydrogens is 266 g/mol. The Labute approximate surface area is 106 Å². The van der Waals surface area contributed by atoms with E-state index in [2.05, 4.69) is 39.8 Å². The zero-order valence-electron chi connectivity index (χ0n) is 10.5. The molecule has 0 radical (unpaired) electrons. The summed E-state index contributed by atoms with van der Waals surface area (Å²) < 4.78 is 3.16. The molecule has 3 nitrogen and oxygen atoms in total. The van der Waals surface area contributed by atoms with Crippen LogP contribution in [0.5, 0.6) is 0 Å². The second-order valence-electron chi connectivity index (χ2n) is 5.09. The fourth-order valence-electron chi connectivity index (χ4n) is 2.65. The van der Waals surface area contributed by atoms with Crippen molar-refractivity contribution in [1.29, 1.82) is 0 Å². The molecular formula is C12H20BrN3. The maximum atomic E-state index is 4.44. The minimum Gasteiger partial charge on any atom is -0.295 e. The van der Waals surface area contributed by atoms with Gasteiger partial charge in [0.2, 0.25) is 0 Å². The van der Waals surface area contributed by atoms with Crippen molar-refractivity contribution in [3.8, 4) is 0 Å². The summed E-state index contributed by atoms with van der Waals surface area (Å²) in [4.78, 5) is 2.55. The molecule has 0 aromatic carbocycles. The summed E-state index contributed by atoms with van der Waals surface area (Å²) in [5.41, 5.74) is 2.37. The summed E-state index contributed by atoms with van der Waals surface area (Å²) in [6, 6.07) is 0.692. The van der Waals surface area contributed by atoms with Crippen molar-refractivity contribution in [2.75, 3.05) is 6.54 Å². The molecule has 1 aromatic heterocycles. The van der Waals surface area contributed by atoms with Crippen molar-refractivity contribution in [2.45, 2.75) is 39.8 Å². The summed E-state index contributed by atoms with van der Waals surface area (Å²) in [5.74, 6) is 0.822. The number of nitrogens with zero attached hydrogens (tertiary/aromatic N) is 3. The lowest BCUT2D eigenvalue weighted by Crippen LogP contribution is -2.27. The van der Waals surface area contributed by atoms with Crippen LogP contribution in [0.4, 0.5) is 0 Å². The number of hydrogen-bond donors (Lipinski definition) is 0. The summed E-state index contributed by atoms with van der Waals surface area (Å²) in [6.07, 6.45) is 1.31. The topological polar surface area (TPSA) is 21.1 Å². The SMILES string of the molecule is Cc1nn(C)c(CN2CC(C)CC2C)c1Br. The van der Waals surface area contributed by atoms with Crippen LogP contribution in [-0.2, 0) is 13.6 Å². The Morgan fingerprint density at radius 1 is 1.44 bits per heavy atom. The van der Waals surface area contributed by atoms with Gasteiger partial charge in [0.15, 0.2) is 0 Å². The standard InChI is InChI=1S/C12H20BrN3/c1-8-5-9(2)16(6-8)7-11-12(13)10(3)14-15(11)4/h8-9H,5-7H2,1-4H3. The maximum absolute atomic E-state index is 4.44. The molecule has 0 amide bonds. The lowest BCUT2D eigenvalue weighted by atomic mass is 10.1. The predicted molar refractivity (Wildman–Crippen MR) is 69.3 cm³/mol. The van der Waals surface area contributed by atoms with Gasteiger partial charge in [0.05, 0.1) is 15.9 Å². The Bertz CT molecular complexity index is 386. The number of halogens is 1. The first-order chi connectivity index (χ1) is 7.49. The fourth-order valence-corrected chi connectivity index (χ4v) is 3.11. The van der Waals surface area contributed by atoms with Gasteiger partial charge in [0.25, 0.3) is 0 Å². The van der Waals surface area contributed by atoms with E-state index < -0.39 is 0 Å². The Morgan fingerprint density at radius 3 is 2.56 bits per heavy atom. The number of hydrogen-bond acceptors (Lipinski definition) is 2. The minimum atomic E-state index is 0.692. The summed E-state index contributed by atoms with van der Waals surface area (Å²) in [6.45, 7) is 8.91. The predicted octanol–water partition coefficient (Wildman–Crippen LogP) is 2.72. The van der Waals surface area contributed by atoms with Crippen LogP contribution in [0.25, 0.3) is 0 Å². The van der Waals surface area contributed by atoms with Gasteiger partial charge in [0, 0.05) is 26.2 Å². The molecule has 0 saturated carbocycles. The molecule has 2 unspecified atom stereocenters. The highest BCUT2D eigenvalue weighted by Crippen LogP contribution is 2.27. The van der Waals surface area contributed by atoms with Gasteiger partial charge in [-0.2, -0.15) is 5.10 Å². The van der Waals surface area contributed by atoms with Crippen molar-refractivity contribution < 1.29 is 0 Å². The molecule has 2 atom stereocenters. The first kappa shape index (κ1) is 12.1. The van der Waals surface area contributed by atoms with E-state index in [-0.39, 0.29) is 0 Å². The van der Waals surface area contributed by atoms with Crippen LogP contribution in [0.1, 0.15) is 31.7 Å². The van der Waals surface area contributed by atoms with Crippen molar-refractivity contribution in [2.24, 2.45) is 13.0 Å². The molecule has 0 spiro atoms. The molecule has 2 rings (SSSR count). The smallest absolute Gasteiger partial charge is 0.0739 e. The molecule has 1 aromatic rings. The van der Waals surface area contributed by atoms with E-state index in [0.717, 1.165) is 18.2 Å². The molecule has 1 fully saturated rings. The van der Waals surface area contributed by atoms with Crippen molar-refractivity contribution in [3.05, 3.63) is 15.9 Å². The highest BCUT2D eigenvalue weighted by molar-refractivity contribution is 9.10. The molecule has 0 bridgehead atoms. The Kier molecular flexibility index (Phi) is 3.40. The fraction of sp³-hybridized carbons (Fsp3) is 0.750. The van der Waals surface area contributed by atoms with Crippen molar-refractivity contribution in [1.82, 2.24) is 14.7 Å². The van der Waals surface area contributed by atoms with Gasteiger partial charge in [-0.15, -0.1) is 0 Å². The van der Waals surface area contributed by atoms with Crippen LogP contribution in [0.2, 0.25) is 0 Å². The van der Waals surface area contributed by atoms with Crippen LogP contribution >= 0.6 is 15.9 Å². The van der Waals surface area contributed by atoms with Gasteiger partial charge in [-0.05, 0) is 42.1 Å². The Morgan fingerprint density at radius 2 is 2.12 bits per heavy atom. The largest absolute Gasteiger partial charge is 0.295 e. The second kappa shape index (κ2) is 4.49. The number of rotatable bonds is 2. The molecule has 90 valence electrons. The monoisotopic (exact) mass is 285 g/mol. The number of aryl methyl sites for hydroxylation is 2. The number of aromatic nitrogens is 2. The lowest BCUT2D eigenvalue weighted by molar-refractivity contribution is 0.249. The average molecular weight is 286 g/mol. The van der Waals surface area contributed by atoms with E-state index in [1.165, 1.54) is 23.1 Å². The Balaban J connectivity index is 2.15. The third-order valence-corrected chi connectivity index (χ3v) is 4.56. The molecule has 4 heteroatoms. The molecule has 1 aliphatic rings. The van der Waals surface area contributed by atoms with Gasteiger partial charge in [-0.3, -0.25) is 9.58 Å². The van der Waals surface area contributed by atoms with E-state index in [9.17, 15) is 0 Å². The van der Waals surface area contributed by atoms with E-state index in [1.807, 2.05) is 18.7 Å². The second-order valence-corrected chi connectivity index (χ2v) is 5.88. The van der Waals surface area contributed by atoms with Gasteiger partial charge in [-0.1, -0.05) is 6.92 Å². The summed E-state index contributed by atoms with van der Waals surface area (Å²) >= 11 is 3.63. The molecule has 1 saturated heterocycles. The highest BCUT2D eigenvalue weighted by atomic mass is 79.9. The molecule has 1 aliphatic heterocycles. The first-order valence-corrected chi connectivity index (χ1v) is 6.70. The van der Waals surface area contributed by atoms with Gasteiger partial charge in [-0.25, -0.2) is 0 Å². The van der Waals surface area contributed by atoms with Gasteiger partial charge >= 0.3 is 0 Å². The average Bonchev–Trinajstić information content (AvgIpc) is 2.62. The molecule has 0 N–H and O–H groups in total. The van der Waals surface area contributed by atoms with E-state index >= 15 is 0 Å². The van der Waals surface area contributed by atoms with Crippen molar-refractivity contribution >= 4 is 15.9 Å². The van der Waals surface area contributed by atoms with Crippen LogP contribution < -0.4 is 0 Å². The normalized spacial score (nSPS) is 26.6. The quantitative estimate of drug-likeness (QED) is 0.833. The first-order valence-electron chi connectivity index (χ1n) is 5.91. The van der Waals surface area contributed by atoms with E-state index in [1.54, 1.807) is 0 Å². The van der Waals surface area contributed by atoms with Crippen LogP contribution in [0.15, 0.2) is 4.47 Å². The molecule has 16 heavy (non-hydrogen) atoms. The lowest BCUT2D eigenvalue weighted by Gasteiger charge is -2.21. The van der Waals surface area contributed by atoms with Crippen molar-refractivity contribution in [3.63, 3.8) is 0 Å². The third kappa shape index (κ3) is 2.18. The summed E-state index contributed by atoms with van der Waals surface area (Å²) in [5, 5.41) is 4.44. The van der Waals surface area contributed by atoms with Gasteiger partial charge < -0.3 is 0 Å². The third-order valence-electron chi connectivity index (χ3n) is 3.53. The minimum absolute atomic E-state index is 0.692. The summed E-state index contributed by atoms with van der Waals surface area (Å²) in [7, 11) is 2.03. The zero-order valence-corrected chi connectivity index (χ0v) is 12.1. The van der Waals surface area contributed by atoms with Gasteiger partial charge in [0.1, 0.15) is 0 Å². The van der Waals surface area contributed by atoms with E-state index in [4.69, 9.17) is 0 Å². The number of likely N-dealkylation sites (tertiary alicyclic amines) is 1. The maximum Gasteiger partial charge on any atom is 0.0739 e. The van der Waals surface area contributed by atoms with Crippen LogP contribution in [0, 0.1) is 12.8 Å². The zero-order chi connectivity index (χ0) is 11.9.